The molecule has 0 aliphatic carbocycles. The van der Waals surface area contributed by atoms with Crippen LogP contribution in [0.25, 0.3) is 0 Å². The number of hydrogen-bond acceptors (Lipinski definition) is 8. The lowest BCUT2D eigenvalue weighted by atomic mass is 10.2. The Morgan fingerprint density at radius 1 is 0.682 bits per heavy atom. The van der Waals surface area contributed by atoms with Crippen LogP contribution < -0.4 is 22.9 Å². The molecule has 0 unspecified atom stereocenters. The van der Waals surface area contributed by atoms with E-state index in [-0.39, 0.29) is 22.7 Å². The van der Waals surface area contributed by atoms with Gasteiger partial charge in [0, 0.05) is 23.5 Å². The van der Waals surface area contributed by atoms with Crippen LogP contribution in [-0.4, -0.2) is 9.85 Å². The standard InChI is InChI=1S/2C6H7N3O2/c2*7-4-1-2-6(9(10)11)5(8)3-4/h2*1-3H,7-8H2. The molecule has 10 nitrogen and oxygen atoms in total. The second-order valence-electron chi connectivity index (χ2n) is 4.15. The second kappa shape index (κ2) is 6.74. The fraction of sp³-hybridized carbons (Fsp3) is 0. The van der Waals surface area contributed by atoms with Crippen molar-refractivity contribution in [2.45, 2.75) is 0 Å². The van der Waals surface area contributed by atoms with Gasteiger partial charge in [-0.1, -0.05) is 0 Å². The second-order valence-corrected chi connectivity index (χ2v) is 4.15. The molecule has 0 radical (unpaired) electrons. The normalized spacial score (nSPS) is 9.45. The number of rotatable bonds is 2. The van der Waals surface area contributed by atoms with Gasteiger partial charge in [-0.2, -0.15) is 0 Å². The first-order valence-corrected chi connectivity index (χ1v) is 5.81. The number of nitrogens with zero attached hydrogens (tertiary/aromatic N) is 2. The van der Waals surface area contributed by atoms with Gasteiger partial charge in [-0.15, -0.1) is 0 Å². The third-order valence-corrected chi connectivity index (χ3v) is 2.50. The number of nitro groups is 2. The van der Waals surface area contributed by atoms with Gasteiger partial charge in [0.25, 0.3) is 11.4 Å². The number of anilines is 4. The maximum absolute atomic E-state index is 10.2. The number of benzene rings is 2. The fourth-order valence-electron chi connectivity index (χ4n) is 1.48. The van der Waals surface area contributed by atoms with Gasteiger partial charge in [-0.3, -0.25) is 20.2 Å². The number of nitrogen functional groups attached to an aromatic ring is 4. The summed E-state index contributed by atoms with van der Waals surface area (Å²) in [6.45, 7) is 0. The van der Waals surface area contributed by atoms with E-state index in [1.165, 1.54) is 36.4 Å². The van der Waals surface area contributed by atoms with Crippen LogP contribution in [0.15, 0.2) is 36.4 Å². The van der Waals surface area contributed by atoms with Crippen molar-refractivity contribution in [1.29, 1.82) is 0 Å². The predicted octanol–water partition coefficient (Wildman–Crippen LogP) is 1.52. The minimum Gasteiger partial charge on any atom is -0.399 e. The molecule has 0 saturated heterocycles. The molecule has 0 aromatic heterocycles. The lowest BCUT2D eigenvalue weighted by Crippen LogP contribution is -1.96. The van der Waals surface area contributed by atoms with Crippen molar-refractivity contribution >= 4 is 34.1 Å². The molecule has 8 N–H and O–H groups in total. The quantitative estimate of drug-likeness (QED) is 0.364. The molecule has 0 spiro atoms. The van der Waals surface area contributed by atoms with Crippen molar-refractivity contribution in [2.24, 2.45) is 0 Å². The molecule has 0 atom stereocenters. The SMILES string of the molecule is Nc1ccc([N+](=O)[O-])c(N)c1.Nc1ccc([N+](=O)[O-])c(N)c1. The Balaban J connectivity index is 0.000000220. The molecule has 0 aliphatic rings. The zero-order chi connectivity index (χ0) is 16.9. The largest absolute Gasteiger partial charge is 0.399 e. The van der Waals surface area contributed by atoms with E-state index in [2.05, 4.69) is 0 Å². The highest BCUT2D eigenvalue weighted by Gasteiger charge is 2.10. The number of nitro benzene ring substituents is 2. The molecule has 2 aromatic carbocycles. The van der Waals surface area contributed by atoms with E-state index in [4.69, 9.17) is 22.9 Å². The van der Waals surface area contributed by atoms with E-state index in [0.717, 1.165) is 0 Å². The van der Waals surface area contributed by atoms with Crippen LogP contribution in [0.3, 0.4) is 0 Å². The van der Waals surface area contributed by atoms with Gasteiger partial charge in [-0.25, -0.2) is 0 Å². The molecule has 2 rings (SSSR count). The van der Waals surface area contributed by atoms with Crippen molar-refractivity contribution in [1.82, 2.24) is 0 Å². The molecular formula is C12H14N6O4. The first-order chi connectivity index (χ1) is 10.2. The maximum Gasteiger partial charge on any atom is 0.292 e. The van der Waals surface area contributed by atoms with Crippen LogP contribution in [-0.2, 0) is 0 Å². The lowest BCUT2D eigenvalue weighted by Gasteiger charge is -1.96. The smallest absolute Gasteiger partial charge is 0.292 e. The van der Waals surface area contributed by atoms with Crippen LogP contribution >= 0.6 is 0 Å². The summed E-state index contributed by atoms with van der Waals surface area (Å²) in [5, 5.41) is 20.4. The van der Waals surface area contributed by atoms with Gasteiger partial charge in [0.1, 0.15) is 11.4 Å². The highest BCUT2D eigenvalue weighted by Crippen LogP contribution is 2.23. The van der Waals surface area contributed by atoms with Gasteiger partial charge in [0.05, 0.1) is 9.85 Å². The topological polar surface area (TPSA) is 190 Å². The van der Waals surface area contributed by atoms with Gasteiger partial charge in [0.15, 0.2) is 0 Å². The Kier molecular flexibility index (Phi) is 5.06. The van der Waals surface area contributed by atoms with Crippen LogP contribution in [0.1, 0.15) is 0 Å². The first-order valence-electron chi connectivity index (χ1n) is 5.81. The maximum atomic E-state index is 10.2. The average Bonchev–Trinajstić information content (AvgIpc) is 2.38. The molecule has 10 heteroatoms. The summed E-state index contributed by atoms with van der Waals surface area (Å²) in [6.07, 6.45) is 0. The van der Waals surface area contributed by atoms with Gasteiger partial charge in [-0.05, 0) is 24.3 Å². The summed E-state index contributed by atoms with van der Waals surface area (Å²) >= 11 is 0. The van der Waals surface area contributed by atoms with E-state index >= 15 is 0 Å². The van der Waals surface area contributed by atoms with Crippen LogP contribution in [0.4, 0.5) is 34.1 Å². The zero-order valence-corrected chi connectivity index (χ0v) is 11.3. The summed E-state index contributed by atoms with van der Waals surface area (Å²) < 4.78 is 0. The van der Waals surface area contributed by atoms with Gasteiger partial charge >= 0.3 is 0 Å². The molecule has 22 heavy (non-hydrogen) atoms. The van der Waals surface area contributed by atoms with Crippen molar-refractivity contribution < 1.29 is 9.85 Å². The summed E-state index contributed by atoms with van der Waals surface area (Å²) in [7, 11) is 0. The molecular weight excluding hydrogens is 292 g/mol. The monoisotopic (exact) mass is 306 g/mol. The van der Waals surface area contributed by atoms with Gasteiger partial charge in [0.2, 0.25) is 0 Å². The lowest BCUT2D eigenvalue weighted by molar-refractivity contribution is -0.384. The Labute approximate surface area is 124 Å². The third-order valence-electron chi connectivity index (χ3n) is 2.50. The van der Waals surface area contributed by atoms with E-state index in [9.17, 15) is 20.2 Å². The summed E-state index contributed by atoms with van der Waals surface area (Å²) in [5.41, 5.74) is 22.1. The Hall–Kier alpha value is -3.56. The van der Waals surface area contributed by atoms with Crippen molar-refractivity contribution in [3.05, 3.63) is 56.6 Å². The minimum atomic E-state index is -0.547. The van der Waals surface area contributed by atoms with Crippen LogP contribution in [0.5, 0.6) is 0 Å². The molecule has 0 amide bonds. The van der Waals surface area contributed by atoms with E-state index in [1.54, 1.807) is 0 Å². The van der Waals surface area contributed by atoms with E-state index < -0.39 is 9.85 Å². The third kappa shape index (κ3) is 4.23. The van der Waals surface area contributed by atoms with E-state index in [1.807, 2.05) is 0 Å². The summed E-state index contributed by atoms with van der Waals surface area (Å²) in [4.78, 5) is 19.3. The Bertz CT molecular complexity index is 657. The zero-order valence-electron chi connectivity index (χ0n) is 11.3. The predicted molar refractivity (Wildman–Crippen MR) is 83.8 cm³/mol. The summed E-state index contributed by atoms with van der Waals surface area (Å²) in [6, 6.07) is 8.16. The van der Waals surface area contributed by atoms with Gasteiger partial charge < -0.3 is 22.9 Å². The average molecular weight is 306 g/mol. The molecule has 0 bridgehead atoms. The van der Waals surface area contributed by atoms with Crippen LogP contribution in [0.2, 0.25) is 0 Å². The molecule has 0 saturated carbocycles. The highest BCUT2D eigenvalue weighted by molar-refractivity contribution is 5.65. The van der Waals surface area contributed by atoms with Crippen molar-refractivity contribution in [2.75, 3.05) is 22.9 Å². The molecule has 2 aromatic rings. The van der Waals surface area contributed by atoms with Crippen molar-refractivity contribution in [3.8, 4) is 0 Å². The number of hydrogen-bond donors (Lipinski definition) is 4. The highest BCUT2D eigenvalue weighted by atomic mass is 16.6. The van der Waals surface area contributed by atoms with Crippen molar-refractivity contribution in [3.63, 3.8) is 0 Å². The number of nitrogens with two attached hydrogens (primary N) is 4. The molecule has 0 fully saturated rings. The molecule has 116 valence electrons. The first kappa shape index (κ1) is 16.5. The minimum absolute atomic E-state index is 0.0926. The molecule has 0 heterocycles. The molecule has 0 aliphatic heterocycles. The van der Waals surface area contributed by atoms with Crippen LogP contribution in [0, 0.1) is 20.2 Å². The van der Waals surface area contributed by atoms with E-state index in [0.29, 0.717) is 11.4 Å². The summed E-state index contributed by atoms with van der Waals surface area (Å²) in [5.74, 6) is 0. The fourth-order valence-corrected chi connectivity index (χ4v) is 1.48. The Morgan fingerprint density at radius 2 is 1.00 bits per heavy atom. The Morgan fingerprint density at radius 3 is 1.23 bits per heavy atom.